The summed E-state index contributed by atoms with van der Waals surface area (Å²) in [6.07, 6.45) is 0.651. The van der Waals surface area contributed by atoms with Gasteiger partial charge in [0.25, 0.3) is 0 Å². The highest BCUT2D eigenvalue weighted by molar-refractivity contribution is 6.03. The second-order valence-corrected chi connectivity index (χ2v) is 6.58. The van der Waals surface area contributed by atoms with Crippen molar-refractivity contribution in [2.24, 2.45) is 5.10 Å². The van der Waals surface area contributed by atoms with E-state index in [1.807, 2.05) is 18.2 Å². The van der Waals surface area contributed by atoms with Crippen LogP contribution in [0, 0.1) is 13.8 Å². The van der Waals surface area contributed by atoms with E-state index in [0.717, 1.165) is 16.8 Å². The van der Waals surface area contributed by atoms with E-state index in [-0.39, 0.29) is 11.9 Å². The normalized spacial score (nSPS) is 16.4. The van der Waals surface area contributed by atoms with E-state index in [1.54, 1.807) is 19.2 Å². The molecule has 0 aliphatic carbocycles. The van der Waals surface area contributed by atoms with Gasteiger partial charge in [0.1, 0.15) is 11.5 Å². The average Bonchev–Trinajstić information content (AvgIpc) is 3.09. The minimum Gasteiger partial charge on any atom is -0.497 e. The predicted octanol–water partition coefficient (Wildman–Crippen LogP) is 4.02. The van der Waals surface area contributed by atoms with Gasteiger partial charge in [0.15, 0.2) is 0 Å². The van der Waals surface area contributed by atoms with E-state index in [4.69, 9.17) is 9.47 Å². The lowest BCUT2D eigenvalue weighted by Crippen LogP contribution is -2.24. The number of carbonyl (C=O) groups excluding carboxylic acids is 1. The predicted molar refractivity (Wildman–Crippen MR) is 102 cm³/mol. The summed E-state index contributed by atoms with van der Waals surface area (Å²) in [6.45, 7) is 5.71. The highest BCUT2D eigenvalue weighted by atomic mass is 16.5. The molecule has 1 aliphatic rings. The van der Waals surface area contributed by atoms with Gasteiger partial charge in [-0.25, -0.2) is 5.01 Å². The largest absolute Gasteiger partial charge is 0.497 e. The third-order valence-corrected chi connectivity index (χ3v) is 4.83. The molecule has 0 fully saturated rings. The van der Waals surface area contributed by atoms with Crippen LogP contribution in [0.3, 0.4) is 0 Å². The first-order chi connectivity index (χ1) is 12.4. The Morgan fingerprint density at radius 2 is 1.69 bits per heavy atom. The Hall–Kier alpha value is -2.82. The quantitative estimate of drug-likeness (QED) is 0.835. The molecule has 2 aromatic carbocycles. The van der Waals surface area contributed by atoms with E-state index in [2.05, 4.69) is 37.1 Å². The number of ether oxygens (including phenoxy) is 2. The average molecular weight is 352 g/mol. The fourth-order valence-corrected chi connectivity index (χ4v) is 3.18. The minimum atomic E-state index is -0.173. The molecule has 3 rings (SSSR count). The van der Waals surface area contributed by atoms with Gasteiger partial charge in [-0.05, 0) is 54.3 Å². The summed E-state index contributed by atoms with van der Waals surface area (Å²) in [7, 11) is 3.24. The topological polar surface area (TPSA) is 51.1 Å². The SMILES string of the molecule is COc1cc(OC)cc(C2CC(c3ccc(C)c(C)c3)=NN2C(C)=O)c1. The van der Waals surface area contributed by atoms with Gasteiger partial charge in [0.05, 0.1) is 26.0 Å². The summed E-state index contributed by atoms with van der Waals surface area (Å²) in [5.74, 6) is 1.31. The van der Waals surface area contributed by atoms with Crippen molar-refractivity contribution in [3.05, 3.63) is 58.7 Å². The van der Waals surface area contributed by atoms with Gasteiger partial charge in [0.2, 0.25) is 5.91 Å². The first-order valence-electron chi connectivity index (χ1n) is 8.60. The van der Waals surface area contributed by atoms with Crippen molar-refractivity contribution < 1.29 is 14.3 Å². The zero-order chi connectivity index (χ0) is 18.8. The second kappa shape index (κ2) is 7.20. The van der Waals surface area contributed by atoms with Gasteiger partial charge in [-0.2, -0.15) is 5.10 Å². The Labute approximate surface area is 154 Å². The van der Waals surface area contributed by atoms with Crippen LogP contribution in [0.15, 0.2) is 41.5 Å². The van der Waals surface area contributed by atoms with E-state index in [9.17, 15) is 4.79 Å². The number of hydrazone groups is 1. The molecule has 0 radical (unpaired) electrons. The van der Waals surface area contributed by atoms with Crippen molar-refractivity contribution in [3.8, 4) is 11.5 Å². The van der Waals surface area contributed by atoms with Gasteiger partial charge < -0.3 is 9.47 Å². The van der Waals surface area contributed by atoms with E-state index in [1.165, 1.54) is 18.1 Å². The molecule has 0 saturated heterocycles. The number of hydrogen-bond donors (Lipinski definition) is 0. The van der Waals surface area contributed by atoms with Crippen molar-refractivity contribution in [2.45, 2.75) is 33.2 Å². The van der Waals surface area contributed by atoms with Gasteiger partial charge in [-0.3, -0.25) is 4.79 Å². The molecular weight excluding hydrogens is 328 g/mol. The lowest BCUT2D eigenvalue weighted by molar-refractivity contribution is -0.130. The van der Waals surface area contributed by atoms with Crippen LogP contribution in [-0.4, -0.2) is 30.8 Å². The molecule has 1 heterocycles. The second-order valence-electron chi connectivity index (χ2n) is 6.58. The maximum atomic E-state index is 12.2. The van der Waals surface area contributed by atoms with Gasteiger partial charge in [0, 0.05) is 19.4 Å². The molecule has 0 saturated carbocycles. The summed E-state index contributed by atoms with van der Waals surface area (Å²) in [4.78, 5) is 12.2. The Kier molecular flexibility index (Phi) is 4.98. The van der Waals surface area contributed by atoms with Crippen molar-refractivity contribution in [2.75, 3.05) is 14.2 Å². The standard InChI is InChI=1S/C21H24N2O3/c1-13-6-7-16(8-14(13)2)20-12-21(23(22-20)15(3)24)17-9-18(25-4)11-19(10-17)26-5/h6-11,21H,12H2,1-5H3. The molecule has 2 aromatic rings. The highest BCUT2D eigenvalue weighted by Crippen LogP contribution is 2.36. The van der Waals surface area contributed by atoms with Crippen LogP contribution >= 0.6 is 0 Å². The molecular formula is C21H24N2O3. The maximum Gasteiger partial charge on any atom is 0.240 e. The van der Waals surface area contributed by atoms with Crippen LogP contribution in [0.5, 0.6) is 11.5 Å². The van der Waals surface area contributed by atoms with Crippen LogP contribution in [0.25, 0.3) is 0 Å². The number of methoxy groups -OCH3 is 2. The number of amides is 1. The van der Waals surface area contributed by atoms with Crippen molar-refractivity contribution in [1.82, 2.24) is 5.01 Å². The number of carbonyl (C=O) groups is 1. The van der Waals surface area contributed by atoms with Gasteiger partial charge in [-0.1, -0.05) is 12.1 Å². The Bertz CT molecular complexity index is 851. The van der Waals surface area contributed by atoms with Crippen molar-refractivity contribution in [1.29, 1.82) is 0 Å². The molecule has 0 bridgehead atoms. The van der Waals surface area contributed by atoms with Crippen LogP contribution in [-0.2, 0) is 4.79 Å². The Morgan fingerprint density at radius 1 is 1.04 bits per heavy atom. The summed E-state index contributed by atoms with van der Waals surface area (Å²) >= 11 is 0. The zero-order valence-corrected chi connectivity index (χ0v) is 15.9. The van der Waals surface area contributed by atoms with Crippen molar-refractivity contribution in [3.63, 3.8) is 0 Å². The Morgan fingerprint density at radius 3 is 2.23 bits per heavy atom. The number of hydrogen-bond acceptors (Lipinski definition) is 4. The summed E-state index contributed by atoms with van der Waals surface area (Å²) in [5, 5.41) is 6.17. The fourth-order valence-electron chi connectivity index (χ4n) is 3.18. The summed E-state index contributed by atoms with van der Waals surface area (Å²) in [6, 6.07) is 11.8. The van der Waals surface area contributed by atoms with E-state index >= 15 is 0 Å². The third kappa shape index (κ3) is 3.43. The molecule has 5 nitrogen and oxygen atoms in total. The Balaban J connectivity index is 1.99. The smallest absolute Gasteiger partial charge is 0.240 e. The summed E-state index contributed by atoms with van der Waals surface area (Å²) < 4.78 is 10.7. The van der Waals surface area contributed by atoms with Crippen LogP contribution < -0.4 is 9.47 Å². The fraction of sp³-hybridized carbons (Fsp3) is 0.333. The van der Waals surface area contributed by atoms with E-state index in [0.29, 0.717) is 17.9 Å². The highest BCUT2D eigenvalue weighted by Gasteiger charge is 2.32. The zero-order valence-electron chi connectivity index (χ0n) is 15.9. The molecule has 0 aromatic heterocycles. The molecule has 1 unspecified atom stereocenters. The first-order valence-corrected chi connectivity index (χ1v) is 8.60. The van der Waals surface area contributed by atoms with Gasteiger partial charge >= 0.3 is 0 Å². The number of benzene rings is 2. The van der Waals surface area contributed by atoms with Gasteiger partial charge in [-0.15, -0.1) is 0 Å². The molecule has 26 heavy (non-hydrogen) atoms. The van der Waals surface area contributed by atoms with Crippen LogP contribution in [0.4, 0.5) is 0 Å². The van der Waals surface area contributed by atoms with E-state index < -0.39 is 0 Å². The first kappa shape index (κ1) is 18.0. The molecule has 5 heteroatoms. The van der Waals surface area contributed by atoms with Crippen LogP contribution in [0.2, 0.25) is 0 Å². The molecule has 1 atom stereocenters. The molecule has 136 valence electrons. The monoisotopic (exact) mass is 352 g/mol. The summed E-state index contributed by atoms with van der Waals surface area (Å²) in [5.41, 5.74) is 5.36. The molecule has 1 aliphatic heterocycles. The number of aryl methyl sites for hydroxylation is 2. The number of rotatable bonds is 4. The minimum absolute atomic E-state index is 0.0874. The lowest BCUT2D eigenvalue weighted by Gasteiger charge is -2.21. The van der Waals surface area contributed by atoms with Crippen LogP contribution in [0.1, 0.15) is 41.6 Å². The van der Waals surface area contributed by atoms with Crippen molar-refractivity contribution >= 4 is 11.6 Å². The lowest BCUT2D eigenvalue weighted by atomic mass is 9.96. The molecule has 0 spiro atoms. The maximum absolute atomic E-state index is 12.2. The third-order valence-electron chi connectivity index (χ3n) is 4.83. The number of nitrogens with zero attached hydrogens (tertiary/aromatic N) is 2. The molecule has 1 amide bonds. The molecule has 0 N–H and O–H groups in total.